The minimum absolute atomic E-state index is 0.0180. The molecule has 0 atom stereocenters. The zero-order chi connectivity index (χ0) is 22.4. The lowest BCUT2D eigenvalue weighted by atomic mass is 9.86. The standard InChI is InChI=1S/C23H27N3O5/c1-23(2,3)20(28)15-4-9-18-19(14-15)26-21(25-18)22(29)24-16-5-7-17(8-6-16)31-13-12-30-11-10-27/h4-9,14,27H,10-13H2,1-3H3,(H,24,29)(H,25,26). The highest BCUT2D eigenvalue weighted by Gasteiger charge is 2.23. The van der Waals surface area contributed by atoms with Crippen LogP contribution in [0.25, 0.3) is 11.0 Å². The van der Waals surface area contributed by atoms with Crippen molar-refractivity contribution >= 4 is 28.4 Å². The van der Waals surface area contributed by atoms with E-state index in [-0.39, 0.29) is 30.7 Å². The van der Waals surface area contributed by atoms with E-state index in [2.05, 4.69) is 15.3 Å². The van der Waals surface area contributed by atoms with E-state index >= 15 is 0 Å². The van der Waals surface area contributed by atoms with Crippen molar-refractivity contribution in [3.05, 3.63) is 53.9 Å². The van der Waals surface area contributed by atoms with Crippen LogP contribution in [0.15, 0.2) is 42.5 Å². The predicted molar refractivity (Wildman–Crippen MR) is 118 cm³/mol. The number of carbonyl (C=O) groups excluding carboxylic acids is 2. The summed E-state index contributed by atoms with van der Waals surface area (Å²) in [6.45, 7) is 6.61. The van der Waals surface area contributed by atoms with Crippen molar-refractivity contribution < 1.29 is 24.2 Å². The molecule has 8 nitrogen and oxygen atoms in total. The van der Waals surface area contributed by atoms with Gasteiger partial charge in [-0.05, 0) is 42.5 Å². The molecule has 0 fully saturated rings. The van der Waals surface area contributed by atoms with Crippen molar-refractivity contribution in [1.29, 1.82) is 0 Å². The number of hydrogen-bond acceptors (Lipinski definition) is 6. The highest BCUT2D eigenvalue weighted by molar-refractivity contribution is 6.05. The minimum Gasteiger partial charge on any atom is -0.491 e. The maximum Gasteiger partial charge on any atom is 0.291 e. The molecule has 0 aliphatic heterocycles. The lowest BCUT2D eigenvalue weighted by molar-refractivity contribution is 0.0705. The van der Waals surface area contributed by atoms with Gasteiger partial charge in [0.2, 0.25) is 0 Å². The van der Waals surface area contributed by atoms with Crippen LogP contribution in [0.2, 0.25) is 0 Å². The van der Waals surface area contributed by atoms with Crippen molar-refractivity contribution in [2.45, 2.75) is 20.8 Å². The third-order valence-electron chi connectivity index (χ3n) is 4.49. The zero-order valence-electron chi connectivity index (χ0n) is 17.9. The summed E-state index contributed by atoms with van der Waals surface area (Å²) in [6.07, 6.45) is 0. The molecule has 3 rings (SSSR count). The van der Waals surface area contributed by atoms with Crippen LogP contribution in [0.1, 0.15) is 41.7 Å². The van der Waals surface area contributed by atoms with Crippen LogP contribution in [0.5, 0.6) is 5.75 Å². The Hall–Kier alpha value is -3.23. The molecule has 2 aromatic carbocycles. The molecule has 1 aromatic heterocycles. The van der Waals surface area contributed by atoms with Gasteiger partial charge in [0, 0.05) is 16.7 Å². The molecule has 0 saturated carbocycles. The number of fused-ring (bicyclic) bond motifs is 1. The Morgan fingerprint density at radius 3 is 2.48 bits per heavy atom. The number of ketones is 1. The topological polar surface area (TPSA) is 114 Å². The van der Waals surface area contributed by atoms with Gasteiger partial charge in [0.15, 0.2) is 11.6 Å². The summed E-state index contributed by atoms with van der Waals surface area (Å²) < 4.78 is 10.7. The van der Waals surface area contributed by atoms with E-state index < -0.39 is 5.41 Å². The van der Waals surface area contributed by atoms with E-state index in [4.69, 9.17) is 14.6 Å². The fourth-order valence-corrected chi connectivity index (χ4v) is 2.90. The zero-order valence-corrected chi connectivity index (χ0v) is 17.9. The van der Waals surface area contributed by atoms with Gasteiger partial charge in [-0.3, -0.25) is 9.59 Å². The number of anilines is 1. The Morgan fingerprint density at radius 2 is 1.81 bits per heavy atom. The number of rotatable bonds is 9. The third-order valence-corrected chi connectivity index (χ3v) is 4.49. The Balaban J connectivity index is 1.63. The molecule has 8 heteroatoms. The Labute approximate surface area is 180 Å². The lowest BCUT2D eigenvalue weighted by Gasteiger charge is -2.16. The summed E-state index contributed by atoms with van der Waals surface area (Å²) in [7, 11) is 0. The molecule has 3 aromatic rings. The average molecular weight is 425 g/mol. The number of nitrogens with zero attached hydrogens (tertiary/aromatic N) is 1. The molecule has 3 N–H and O–H groups in total. The SMILES string of the molecule is CC(C)(C)C(=O)c1ccc2[nH]c(C(=O)Nc3ccc(OCCOCCO)cc3)nc2c1. The molecule has 0 radical (unpaired) electrons. The normalized spacial score (nSPS) is 11.5. The number of hydrogen-bond donors (Lipinski definition) is 3. The number of H-pyrrole nitrogens is 1. The molecule has 0 spiro atoms. The molecule has 0 aliphatic rings. The number of benzene rings is 2. The fourth-order valence-electron chi connectivity index (χ4n) is 2.90. The average Bonchev–Trinajstić information content (AvgIpc) is 3.17. The molecule has 0 aliphatic carbocycles. The van der Waals surface area contributed by atoms with Crippen LogP contribution in [0, 0.1) is 5.41 Å². The minimum atomic E-state index is -0.494. The van der Waals surface area contributed by atoms with Crippen LogP contribution in [-0.4, -0.2) is 53.2 Å². The van der Waals surface area contributed by atoms with E-state index in [9.17, 15) is 9.59 Å². The molecular formula is C23H27N3O5. The van der Waals surface area contributed by atoms with Crippen molar-refractivity contribution in [3.8, 4) is 5.75 Å². The van der Waals surface area contributed by atoms with Gasteiger partial charge in [0.05, 0.1) is 30.9 Å². The Bertz CT molecular complexity index is 1050. The second-order valence-corrected chi connectivity index (χ2v) is 8.06. The first-order valence-electron chi connectivity index (χ1n) is 10.1. The van der Waals surface area contributed by atoms with E-state index in [1.54, 1.807) is 42.5 Å². The Kier molecular flexibility index (Phi) is 7.04. The van der Waals surface area contributed by atoms with E-state index in [1.165, 1.54) is 0 Å². The van der Waals surface area contributed by atoms with Crippen molar-refractivity contribution in [3.63, 3.8) is 0 Å². The van der Waals surface area contributed by atoms with Gasteiger partial charge < -0.3 is 24.9 Å². The van der Waals surface area contributed by atoms with Crippen molar-refractivity contribution in [1.82, 2.24) is 9.97 Å². The van der Waals surface area contributed by atoms with Gasteiger partial charge in [0.1, 0.15) is 12.4 Å². The molecule has 0 saturated heterocycles. The number of imidazole rings is 1. The lowest BCUT2D eigenvalue weighted by Crippen LogP contribution is -2.19. The highest BCUT2D eigenvalue weighted by atomic mass is 16.5. The number of ether oxygens (including phenoxy) is 2. The number of carbonyl (C=O) groups is 2. The molecule has 0 unspecified atom stereocenters. The molecule has 1 amide bonds. The summed E-state index contributed by atoms with van der Waals surface area (Å²) in [5.74, 6) is 0.443. The second kappa shape index (κ2) is 9.72. The molecule has 31 heavy (non-hydrogen) atoms. The first-order valence-corrected chi connectivity index (χ1v) is 10.1. The van der Waals surface area contributed by atoms with Crippen molar-refractivity contribution in [2.24, 2.45) is 5.41 Å². The number of aromatic amines is 1. The van der Waals surface area contributed by atoms with Crippen molar-refractivity contribution in [2.75, 3.05) is 31.7 Å². The largest absolute Gasteiger partial charge is 0.491 e. The van der Waals surface area contributed by atoms with Gasteiger partial charge in [-0.2, -0.15) is 0 Å². The number of aromatic nitrogens is 2. The summed E-state index contributed by atoms with van der Waals surface area (Å²) in [4.78, 5) is 32.4. The maximum atomic E-state index is 12.6. The number of amides is 1. The number of aliphatic hydroxyl groups excluding tert-OH is 1. The molecular weight excluding hydrogens is 398 g/mol. The van der Waals surface area contributed by atoms with E-state index in [0.717, 1.165) is 0 Å². The first kappa shape index (κ1) is 22.5. The first-order chi connectivity index (χ1) is 14.8. The van der Waals surface area contributed by atoms with Crippen LogP contribution in [0.4, 0.5) is 5.69 Å². The number of nitrogens with one attached hydrogen (secondary N) is 2. The fraction of sp³-hybridized carbons (Fsp3) is 0.348. The van der Waals surface area contributed by atoms with Gasteiger partial charge in [0.25, 0.3) is 5.91 Å². The summed E-state index contributed by atoms with van der Waals surface area (Å²) >= 11 is 0. The van der Waals surface area contributed by atoms with Crippen LogP contribution >= 0.6 is 0 Å². The van der Waals surface area contributed by atoms with Gasteiger partial charge in [-0.15, -0.1) is 0 Å². The highest BCUT2D eigenvalue weighted by Crippen LogP contribution is 2.23. The monoisotopic (exact) mass is 425 g/mol. The summed E-state index contributed by atoms with van der Waals surface area (Å²) in [5, 5.41) is 11.4. The quantitative estimate of drug-likeness (QED) is 0.358. The van der Waals surface area contributed by atoms with Gasteiger partial charge in [-0.25, -0.2) is 4.98 Å². The van der Waals surface area contributed by atoms with Crippen LogP contribution in [-0.2, 0) is 4.74 Å². The van der Waals surface area contributed by atoms with Crippen LogP contribution in [0.3, 0.4) is 0 Å². The molecule has 1 heterocycles. The maximum absolute atomic E-state index is 12.6. The smallest absolute Gasteiger partial charge is 0.291 e. The van der Waals surface area contributed by atoms with E-state index in [1.807, 2.05) is 20.8 Å². The third kappa shape index (κ3) is 5.90. The predicted octanol–water partition coefficient (Wildman–Crippen LogP) is 3.43. The molecule has 0 bridgehead atoms. The van der Waals surface area contributed by atoms with Crippen LogP contribution < -0.4 is 10.1 Å². The summed E-state index contributed by atoms with van der Waals surface area (Å²) in [6, 6.07) is 12.1. The number of aliphatic hydroxyl groups is 1. The molecule has 164 valence electrons. The number of Topliss-reactive ketones (excluding diaryl/α,β-unsaturated/α-hetero) is 1. The second-order valence-electron chi connectivity index (χ2n) is 8.06. The van der Waals surface area contributed by atoms with E-state index in [0.29, 0.717) is 41.2 Å². The van der Waals surface area contributed by atoms with Gasteiger partial charge >= 0.3 is 0 Å². The Morgan fingerprint density at radius 1 is 1.06 bits per heavy atom. The van der Waals surface area contributed by atoms with Gasteiger partial charge in [-0.1, -0.05) is 20.8 Å². The summed E-state index contributed by atoms with van der Waals surface area (Å²) in [5.41, 5.74) is 1.91.